The van der Waals surface area contributed by atoms with Crippen LogP contribution in [0.1, 0.15) is 33.6 Å². The summed E-state index contributed by atoms with van der Waals surface area (Å²) < 4.78 is 18.4. The van der Waals surface area contributed by atoms with Gasteiger partial charge in [0, 0.05) is 12.5 Å². The van der Waals surface area contributed by atoms with E-state index in [9.17, 15) is 14.0 Å². The summed E-state index contributed by atoms with van der Waals surface area (Å²) >= 11 is 0. The third-order valence-electron chi connectivity index (χ3n) is 2.79. The van der Waals surface area contributed by atoms with Crippen molar-refractivity contribution in [2.45, 2.75) is 33.6 Å². The number of rotatable bonds is 7. The summed E-state index contributed by atoms with van der Waals surface area (Å²) in [6, 6.07) is 3.84. The second kappa shape index (κ2) is 7.06. The van der Waals surface area contributed by atoms with E-state index in [1.54, 1.807) is 20.8 Å². The highest BCUT2D eigenvalue weighted by molar-refractivity contribution is 5.92. The summed E-state index contributed by atoms with van der Waals surface area (Å²) in [7, 11) is 0. The normalized spacial score (nSPS) is 11.0. The van der Waals surface area contributed by atoms with Crippen molar-refractivity contribution in [2.75, 3.05) is 11.9 Å². The molecule has 0 bridgehead atoms. The number of benzene rings is 1. The van der Waals surface area contributed by atoms with Crippen LogP contribution in [0.3, 0.4) is 0 Å². The number of carboxylic acid groups (broad SMARTS) is 1. The molecule has 0 saturated heterocycles. The molecule has 0 aromatic heterocycles. The number of carbonyl (C=O) groups is 2. The average Bonchev–Trinajstić information content (AvgIpc) is 2.30. The van der Waals surface area contributed by atoms with Gasteiger partial charge in [-0.3, -0.25) is 9.59 Å². The van der Waals surface area contributed by atoms with Gasteiger partial charge in [0.15, 0.2) is 0 Å². The molecule has 0 heterocycles. The Morgan fingerprint density at radius 1 is 1.33 bits per heavy atom. The molecule has 0 radical (unpaired) electrons. The number of aliphatic carboxylic acids is 1. The van der Waals surface area contributed by atoms with Crippen molar-refractivity contribution in [3.8, 4) is 5.75 Å². The fraction of sp³-hybridized carbons (Fsp3) is 0.467. The summed E-state index contributed by atoms with van der Waals surface area (Å²) in [5.74, 6) is -1.50. The molecule has 2 N–H and O–H groups in total. The van der Waals surface area contributed by atoms with Crippen molar-refractivity contribution in [1.82, 2.24) is 0 Å². The number of amides is 1. The molecule has 116 valence electrons. The van der Waals surface area contributed by atoms with Crippen LogP contribution in [0.15, 0.2) is 18.2 Å². The lowest BCUT2D eigenvalue weighted by molar-refractivity contribution is -0.139. The molecule has 0 aliphatic heterocycles. The van der Waals surface area contributed by atoms with Gasteiger partial charge < -0.3 is 15.2 Å². The summed E-state index contributed by atoms with van der Waals surface area (Å²) in [5.41, 5.74) is -0.295. The Morgan fingerprint density at radius 3 is 2.57 bits per heavy atom. The Labute approximate surface area is 123 Å². The molecule has 0 unspecified atom stereocenters. The first-order valence-electron chi connectivity index (χ1n) is 6.67. The molecule has 1 amide bonds. The maximum absolute atomic E-state index is 13.2. The third kappa shape index (κ3) is 5.81. The van der Waals surface area contributed by atoms with E-state index in [-0.39, 0.29) is 24.5 Å². The van der Waals surface area contributed by atoms with E-state index in [0.717, 1.165) is 0 Å². The van der Waals surface area contributed by atoms with Gasteiger partial charge >= 0.3 is 5.97 Å². The van der Waals surface area contributed by atoms with Crippen LogP contribution in [0.5, 0.6) is 5.75 Å². The zero-order valence-electron chi connectivity index (χ0n) is 12.4. The lowest BCUT2D eigenvalue weighted by atomic mass is 9.85. The lowest BCUT2D eigenvalue weighted by Gasteiger charge is -2.22. The summed E-state index contributed by atoms with van der Waals surface area (Å²) in [4.78, 5) is 22.7. The molecule has 0 spiro atoms. The maximum Gasteiger partial charge on any atom is 0.303 e. The van der Waals surface area contributed by atoms with Crippen molar-refractivity contribution in [3.05, 3.63) is 24.0 Å². The molecule has 0 atom stereocenters. The number of ether oxygens (including phenoxy) is 1. The van der Waals surface area contributed by atoms with Gasteiger partial charge in [0.25, 0.3) is 0 Å². The minimum atomic E-state index is -0.954. The number of carboxylic acids is 1. The molecular weight excluding hydrogens is 277 g/mol. The summed E-state index contributed by atoms with van der Waals surface area (Å²) in [6.45, 7) is 5.51. The van der Waals surface area contributed by atoms with E-state index in [2.05, 4.69) is 5.32 Å². The van der Waals surface area contributed by atoms with Crippen LogP contribution in [0.4, 0.5) is 10.1 Å². The Morgan fingerprint density at radius 2 is 2.00 bits per heavy atom. The molecule has 5 nitrogen and oxygen atoms in total. The van der Waals surface area contributed by atoms with Gasteiger partial charge in [0.2, 0.25) is 5.91 Å². The topological polar surface area (TPSA) is 75.6 Å². The van der Waals surface area contributed by atoms with E-state index in [4.69, 9.17) is 9.84 Å². The number of hydrogen-bond acceptors (Lipinski definition) is 3. The van der Waals surface area contributed by atoms with Gasteiger partial charge in [-0.05, 0) is 24.5 Å². The molecule has 0 saturated carbocycles. The first kappa shape index (κ1) is 16.9. The van der Waals surface area contributed by atoms with Crippen molar-refractivity contribution in [2.24, 2.45) is 5.41 Å². The second-order valence-corrected chi connectivity index (χ2v) is 5.53. The van der Waals surface area contributed by atoms with Crippen LogP contribution in [0.2, 0.25) is 0 Å². The summed E-state index contributed by atoms with van der Waals surface area (Å²) in [6.07, 6.45) is -0.0651. The molecule has 1 aromatic rings. The lowest BCUT2D eigenvalue weighted by Crippen LogP contribution is -2.25. The fourth-order valence-corrected chi connectivity index (χ4v) is 1.98. The molecule has 1 rings (SSSR count). The van der Waals surface area contributed by atoms with Gasteiger partial charge in [-0.25, -0.2) is 4.39 Å². The van der Waals surface area contributed by atoms with Crippen LogP contribution >= 0.6 is 0 Å². The van der Waals surface area contributed by atoms with E-state index in [1.165, 1.54) is 18.2 Å². The molecule has 0 aliphatic rings. The van der Waals surface area contributed by atoms with E-state index >= 15 is 0 Å². The Balaban J connectivity index is 2.77. The van der Waals surface area contributed by atoms with Crippen molar-refractivity contribution in [3.63, 3.8) is 0 Å². The molecular formula is C15H20FNO4. The van der Waals surface area contributed by atoms with Crippen molar-refractivity contribution >= 4 is 17.6 Å². The fourth-order valence-electron chi connectivity index (χ4n) is 1.98. The van der Waals surface area contributed by atoms with E-state index < -0.39 is 17.2 Å². The zero-order chi connectivity index (χ0) is 16.0. The first-order valence-corrected chi connectivity index (χ1v) is 6.67. The Kier molecular flexibility index (Phi) is 5.69. The monoisotopic (exact) mass is 297 g/mol. The van der Waals surface area contributed by atoms with Crippen molar-refractivity contribution < 1.29 is 23.8 Å². The zero-order valence-corrected chi connectivity index (χ0v) is 12.4. The van der Waals surface area contributed by atoms with E-state index in [1.807, 2.05) is 0 Å². The Hall–Kier alpha value is -2.11. The minimum absolute atomic E-state index is 0.0439. The number of halogens is 1. The Bertz CT molecular complexity index is 528. The van der Waals surface area contributed by atoms with Crippen LogP contribution in [-0.4, -0.2) is 23.6 Å². The second-order valence-electron chi connectivity index (χ2n) is 5.53. The van der Waals surface area contributed by atoms with E-state index in [0.29, 0.717) is 12.3 Å². The van der Waals surface area contributed by atoms with Gasteiger partial charge in [-0.1, -0.05) is 13.8 Å². The first-order chi connectivity index (χ1) is 9.73. The van der Waals surface area contributed by atoms with Crippen molar-refractivity contribution in [1.29, 1.82) is 0 Å². The molecule has 0 aliphatic carbocycles. The van der Waals surface area contributed by atoms with Crippen LogP contribution in [0.25, 0.3) is 0 Å². The molecule has 21 heavy (non-hydrogen) atoms. The quantitative estimate of drug-likeness (QED) is 0.811. The number of nitrogens with one attached hydrogen (secondary N) is 1. The van der Waals surface area contributed by atoms with Gasteiger partial charge in [0.05, 0.1) is 18.7 Å². The summed E-state index contributed by atoms with van der Waals surface area (Å²) in [5, 5.41) is 11.4. The van der Waals surface area contributed by atoms with Gasteiger partial charge in [-0.15, -0.1) is 0 Å². The standard InChI is InChI=1S/C15H20FNO4/c1-4-21-12-7-10(16)5-6-11(12)17-13(18)8-15(2,3)9-14(19)20/h5-7H,4,8-9H2,1-3H3,(H,17,18)(H,19,20). The van der Waals surface area contributed by atoms with Crippen LogP contribution in [0, 0.1) is 11.2 Å². The highest BCUT2D eigenvalue weighted by atomic mass is 19.1. The smallest absolute Gasteiger partial charge is 0.303 e. The highest BCUT2D eigenvalue weighted by Crippen LogP contribution is 2.29. The predicted octanol–water partition coefficient (Wildman–Crippen LogP) is 3.05. The third-order valence-corrected chi connectivity index (χ3v) is 2.79. The number of carbonyl (C=O) groups excluding carboxylic acids is 1. The molecule has 0 fully saturated rings. The SMILES string of the molecule is CCOc1cc(F)ccc1NC(=O)CC(C)(C)CC(=O)O. The number of hydrogen-bond donors (Lipinski definition) is 2. The largest absolute Gasteiger partial charge is 0.492 e. The molecule has 6 heteroatoms. The van der Waals surface area contributed by atoms with Crippen LogP contribution in [-0.2, 0) is 9.59 Å². The predicted molar refractivity (Wildman–Crippen MR) is 76.8 cm³/mol. The van der Waals surface area contributed by atoms with Gasteiger partial charge in [0.1, 0.15) is 11.6 Å². The average molecular weight is 297 g/mol. The highest BCUT2D eigenvalue weighted by Gasteiger charge is 2.25. The minimum Gasteiger partial charge on any atom is -0.492 e. The molecule has 1 aromatic carbocycles. The van der Waals surface area contributed by atoms with Gasteiger partial charge in [-0.2, -0.15) is 0 Å². The maximum atomic E-state index is 13.2. The van der Waals surface area contributed by atoms with Crippen LogP contribution < -0.4 is 10.1 Å². The number of anilines is 1.